The number of fused-ring (bicyclic) bond motifs is 1. The zero-order valence-electron chi connectivity index (χ0n) is 12.8. The van der Waals surface area contributed by atoms with Gasteiger partial charge in [0.05, 0.1) is 6.21 Å². The SMILES string of the molecule is Cc1cccn2c(=O)c(/C=N/NC(N)=S)c(N3CCCC3)nc12. The van der Waals surface area contributed by atoms with Gasteiger partial charge in [-0.2, -0.15) is 5.10 Å². The largest absolute Gasteiger partial charge is 0.375 e. The first-order valence-corrected chi connectivity index (χ1v) is 7.84. The smallest absolute Gasteiger partial charge is 0.268 e. The standard InChI is InChI=1S/C15H18N6OS/c1-10-5-4-8-21-12(10)18-13(20-6-2-3-7-20)11(14(21)22)9-17-19-15(16)23/h4-5,8-9H,2-3,6-7H2,1H3,(H3,16,19,23)/b17-9+. The Labute approximate surface area is 138 Å². The third kappa shape index (κ3) is 3.02. The van der Waals surface area contributed by atoms with Crippen LogP contribution in [0.1, 0.15) is 24.0 Å². The van der Waals surface area contributed by atoms with Gasteiger partial charge in [-0.15, -0.1) is 0 Å². The second-order valence-electron chi connectivity index (χ2n) is 5.47. The Morgan fingerprint density at radius 2 is 2.22 bits per heavy atom. The number of nitrogens with one attached hydrogen (secondary N) is 1. The van der Waals surface area contributed by atoms with Crippen LogP contribution in [0.5, 0.6) is 0 Å². The number of anilines is 1. The Hall–Kier alpha value is -2.48. The molecular formula is C15H18N6OS. The highest BCUT2D eigenvalue weighted by Crippen LogP contribution is 2.21. The molecule has 0 unspecified atom stereocenters. The van der Waals surface area contributed by atoms with Crippen LogP contribution in [0.3, 0.4) is 0 Å². The molecule has 3 heterocycles. The second kappa shape index (κ2) is 6.33. The van der Waals surface area contributed by atoms with Crippen LogP contribution in [0.2, 0.25) is 0 Å². The van der Waals surface area contributed by atoms with Crippen LogP contribution in [0.25, 0.3) is 5.65 Å². The van der Waals surface area contributed by atoms with Crippen LogP contribution >= 0.6 is 12.2 Å². The fourth-order valence-electron chi connectivity index (χ4n) is 2.74. The van der Waals surface area contributed by atoms with Crippen molar-refractivity contribution in [3.63, 3.8) is 0 Å². The van der Waals surface area contributed by atoms with Gasteiger partial charge >= 0.3 is 0 Å². The lowest BCUT2D eigenvalue weighted by Crippen LogP contribution is -2.29. The van der Waals surface area contributed by atoms with Crippen LogP contribution in [-0.2, 0) is 0 Å². The molecule has 2 aromatic rings. The molecule has 0 saturated carbocycles. The fraction of sp³-hybridized carbons (Fsp3) is 0.333. The number of aryl methyl sites for hydroxylation is 1. The summed E-state index contributed by atoms with van der Waals surface area (Å²) in [4.78, 5) is 19.7. The molecule has 0 aromatic carbocycles. The van der Waals surface area contributed by atoms with Crippen molar-refractivity contribution < 1.29 is 0 Å². The second-order valence-corrected chi connectivity index (χ2v) is 5.91. The van der Waals surface area contributed by atoms with Gasteiger partial charge in [0.25, 0.3) is 5.56 Å². The van der Waals surface area contributed by atoms with E-state index in [9.17, 15) is 4.79 Å². The summed E-state index contributed by atoms with van der Waals surface area (Å²) in [5.74, 6) is 0.662. The van der Waals surface area contributed by atoms with Gasteiger partial charge in [0.2, 0.25) is 0 Å². The van der Waals surface area contributed by atoms with E-state index in [1.807, 2.05) is 19.1 Å². The molecule has 7 nitrogen and oxygen atoms in total. The first-order chi connectivity index (χ1) is 11.1. The molecule has 1 aliphatic heterocycles. The Morgan fingerprint density at radius 3 is 2.91 bits per heavy atom. The summed E-state index contributed by atoms with van der Waals surface area (Å²) in [6.07, 6.45) is 5.34. The van der Waals surface area contributed by atoms with E-state index < -0.39 is 0 Å². The maximum Gasteiger partial charge on any atom is 0.268 e. The molecule has 3 rings (SSSR count). The van der Waals surface area contributed by atoms with Gasteiger partial charge in [-0.25, -0.2) is 4.98 Å². The first kappa shape index (κ1) is 15.4. The number of nitrogens with two attached hydrogens (primary N) is 1. The Kier molecular flexibility index (Phi) is 4.24. The van der Waals surface area contributed by atoms with Crippen LogP contribution in [0, 0.1) is 6.92 Å². The van der Waals surface area contributed by atoms with Crippen molar-refractivity contribution in [3.05, 3.63) is 39.8 Å². The van der Waals surface area contributed by atoms with Gasteiger partial charge in [-0.1, -0.05) is 6.07 Å². The average Bonchev–Trinajstić information content (AvgIpc) is 3.04. The fourth-order valence-corrected chi connectivity index (χ4v) is 2.80. The highest BCUT2D eigenvalue weighted by molar-refractivity contribution is 7.80. The predicted molar refractivity (Wildman–Crippen MR) is 95.2 cm³/mol. The number of rotatable bonds is 3. The third-order valence-corrected chi connectivity index (χ3v) is 3.93. The molecule has 0 bridgehead atoms. The average molecular weight is 330 g/mol. The van der Waals surface area contributed by atoms with Crippen LogP contribution in [-0.4, -0.2) is 33.8 Å². The quantitative estimate of drug-likeness (QED) is 0.491. The van der Waals surface area contributed by atoms with E-state index in [1.165, 1.54) is 10.6 Å². The van der Waals surface area contributed by atoms with Gasteiger partial charge in [0.15, 0.2) is 5.11 Å². The van der Waals surface area contributed by atoms with Gasteiger partial charge in [0.1, 0.15) is 17.0 Å². The molecule has 0 aliphatic carbocycles. The summed E-state index contributed by atoms with van der Waals surface area (Å²) in [5.41, 5.74) is 9.74. The van der Waals surface area contributed by atoms with Crippen molar-refractivity contribution in [2.45, 2.75) is 19.8 Å². The lowest BCUT2D eigenvalue weighted by molar-refractivity contribution is 0.912. The number of nitrogens with zero attached hydrogens (tertiary/aromatic N) is 4. The van der Waals surface area contributed by atoms with Gasteiger partial charge in [-0.3, -0.25) is 14.6 Å². The van der Waals surface area contributed by atoms with Gasteiger partial charge in [-0.05, 0) is 43.6 Å². The Morgan fingerprint density at radius 1 is 1.48 bits per heavy atom. The number of pyridine rings is 1. The molecular weight excluding hydrogens is 312 g/mol. The minimum Gasteiger partial charge on any atom is -0.375 e. The Balaban J connectivity index is 2.19. The maximum absolute atomic E-state index is 12.8. The predicted octanol–water partition coefficient (Wildman–Crippen LogP) is 0.770. The monoisotopic (exact) mass is 330 g/mol. The number of hydrazone groups is 1. The van der Waals surface area contributed by atoms with Gasteiger partial charge < -0.3 is 10.6 Å². The van der Waals surface area contributed by atoms with Crippen molar-refractivity contribution in [1.82, 2.24) is 14.8 Å². The third-order valence-electron chi connectivity index (χ3n) is 3.84. The summed E-state index contributed by atoms with van der Waals surface area (Å²) in [6.45, 7) is 3.72. The van der Waals surface area contributed by atoms with E-state index in [0.29, 0.717) is 17.0 Å². The minimum absolute atomic E-state index is 0.0497. The molecule has 2 aromatic heterocycles. The molecule has 8 heteroatoms. The lowest BCUT2D eigenvalue weighted by Gasteiger charge is -2.19. The van der Waals surface area contributed by atoms with E-state index in [2.05, 4.69) is 15.4 Å². The highest BCUT2D eigenvalue weighted by Gasteiger charge is 2.20. The number of hydrogen-bond acceptors (Lipinski definition) is 5. The maximum atomic E-state index is 12.8. The summed E-state index contributed by atoms with van der Waals surface area (Å²) in [5, 5.41) is 3.99. The van der Waals surface area contributed by atoms with E-state index in [0.717, 1.165) is 31.5 Å². The number of thiocarbonyl (C=S) groups is 1. The molecule has 1 saturated heterocycles. The van der Waals surface area contributed by atoms with E-state index >= 15 is 0 Å². The first-order valence-electron chi connectivity index (χ1n) is 7.43. The van der Waals surface area contributed by atoms with E-state index in [4.69, 9.17) is 22.9 Å². The topological polar surface area (TPSA) is 88.0 Å². The molecule has 1 fully saturated rings. The molecule has 1 aliphatic rings. The molecule has 120 valence electrons. The minimum atomic E-state index is -0.158. The molecule has 0 radical (unpaired) electrons. The molecule has 23 heavy (non-hydrogen) atoms. The van der Waals surface area contributed by atoms with Crippen molar-refractivity contribution in [1.29, 1.82) is 0 Å². The van der Waals surface area contributed by atoms with E-state index in [-0.39, 0.29) is 10.7 Å². The normalized spacial score (nSPS) is 14.7. The molecule has 0 amide bonds. The van der Waals surface area contributed by atoms with Crippen molar-refractivity contribution in [3.8, 4) is 0 Å². The summed E-state index contributed by atoms with van der Waals surface area (Å²) >= 11 is 4.72. The van der Waals surface area contributed by atoms with Crippen LogP contribution in [0.15, 0.2) is 28.2 Å². The van der Waals surface area contributed by atoms with Gasteiger partial charge in [0, 0.05) is 19.3 Å². The van der Waals surface area contributed by atoms with Crippen molar-refractivity contribution in [2.75, 3.05) is 18.0 Å². The number of aromatic nitrogens is 2. The molecule has 0 atom stereocenters. The van der Waals surface area contributed by atoms with Crippen LogP contribution < -0.4 is 21.6 Å². The molecule has 0 spiro atoms. The number of hydrogen-bond donors (Lipinski definition) is 2. The van der Waals surface area contributed by atoms with E-state index in [1.54, 1.807) is 6.20 Å². The zero-order chi connectivity index (χ0) is 16.4. The highest BCUT2D eigenvalue weighted by atomic mass is 32.1. The summed E-state index contributed by atoms with van der Waals surface area (Å²) < 4.78 is 1.54. The van der Waals surface area contributed by atoms with Crippen LogP contribution in [0.4, 0.5) is 5.82 Å². The van der Waals surface area contributed by atoms with Crippen molar-refractivity contribution >= 4 is 35.0 Å². The summed E-state index contributed by atoms with van der Waals surface area (Å²) in [6, 6.07) is 3.77. The summed E-state index contributed by atoms with van der Waals surface area (Å²) in [7, 11) is 0. The zero-order valence-corrected chi connectivity index (χ0v) is 13.6. The Bertz CT molecular complexity index is 838. The lowest BCUT2D eigenvalue weighted by atomic mass is 10.2. The van der Waals surface area contributed by atoms with Crippen molar-refractivity contribution in [2.24, 2.45) is 10.8 Å². The molecule has 3 N–H and O–H groups in total.